The number of ether oxygens (including phenoxy) is 2. The second kappa shape index (κ2) is 10.4. The Balaban J connectivity index is 1.43. The van der Waals surface area contributed by atoms with Crippen LogP contribution in [0.15, 0.2) is 53.7 Å². The molecule has 5 heterocycles. The Hall–Kier alpha value is -4.42. The number of imidazole rings is 1. The van der Waals surface area contributed by atoms with E-state index in [1.807, 2.05) is 31.2 Å². The Morgan fingerprint density at radius 2 is 1.79 bits per heavy atom. The Morgan fingerprint density at radius 1 is 1.03 bits per heavy atom. The van der Waals surface area contributed by atoms with Crippen molar-refractivity contribution in [2.45, 2.75) is 19.6 Å². The Morgan fingerprint density at radius 3 is 2.56 bits per heavy atom. The van der Waals surface area contributed by atoms with Crippen LogP contribution in [-0.2, 0) is 16.1 Å². The van der Waals surface area contributed by atoms with E-state index in [0.717, 1.165) is 30.0 Å². The number of amides is 1. The van der Waals surface area contributed by atoms with E-state index in [1.54, 1.807) is 29.9 Å². The number of nitrogens with zero attached hydrogens (tertiary/aromatic N) is 5. The highest BCUT2D eigenvalue weighted by Crippen LogP contribution is 2.26. The van der Waals surface area contributed by atoms with Gasteiger partial charge in [0.05, 0.1) is 38.2 Å². The molecule has 4 bridgehead atoms. The lowest BCUT2D eigenvalue weighted by Gasteiger charge is -2.29. The molecular weight excluding hydrogens is 500 g/mol. The van der Waals surface area contributed by atoms with Gasteiger partial charge in [-0.15, -0.1) is 0 Å². The molecule has 2 aliphatic heterocycles. The fourth-order valence-corrected chi connectivity index (χ4v) is 4.85. The van der Waals surface area contributed by atoms with Gasteiger partial charge in [0.2, 0.25) is 0 Å². The van der Waals surface area contributed by atoms with E-state index in [2.05, 4.69) is 30.8 Å². The molecule has 202 valence electrons. The highest BCUT2D eigenvalue weighted by atomic mass is 16.5. The molecule has 1 aromatic carbocycles. The average Bonchev–Trinajstić information content (AvgIpc) is 3.38. The first-order valence-corrected chi connectivity index (χ1v) is 12.9. The van der Waals surface area contributed by atoms with Gasteiger partial charge in [-0.1, -0.05) is 0 Å². The van der Waals surface area contributed by atoms with Crippen LogP contribution in [0.25, 0.3) is 16.9 Å². The molecule has 0 radical (unpaired) electrons. The summed E-state index contributed by atoms with van der Waals surface area (Å²) in [5.74, 6) is 0.399. The van der Waals surface area contributed by atoms with E-state index in [0.29, 0.717) is 41.6 Å². The number of benzene rings is 1. The third-order valence-electron chi connectivity index (χ3n) is 6.84. The van der Waals surface area contributed by atoms with Gasteiger partial charge in [-0.05, 0) is 42.8 Å². The topological polar surface area (TPSA) is 128 Å². The number of rotatable bonds is 3. The number of anilines is 4. The number of hydrogen-bond acceptors (Lipinski definition) is 9. The SMILES string of the molecule is CNc1cc2nc3c1ncn3C(=O)N[C@H](C)COCc1cc(c(=O)n(-c3ccc(N4CCOCC4)cc3)c1)N2. The second-order valence-corrected chi connectivity index (χ2v) is 9.64. The van der Waals surface area contributed by atoms with Crippen LogP contribution in [0.1, 0.15) is 12.5 Å². The zero-order valence-corrected chi connectivity index (χ0v) is 21.8. The normalized spacial score (nSPS) is 17.9. The van der Waals surface area contributed by atoms with Crippen molar-refractivity contribution in [1.29, 1.82) is 0 Å². The van der Waals surface area contributed by atoms with Crippen LogP contribution in [0.4, 0.5) is 27.7 Å². The smallest absolute Gasteiger partial charge is 0.328 e. The molecule has 0 saturated carbocycles. The average molecular weight is 531 g/mol. The first kappa shape index (κ1) is 24.9. The third-order valence-corrected chi connectivity index (χ3v) is 6.84. The van der Waals surface area contributed by atoms with E-state index >= 15 is 0 Å². The minimum absolute atomic E-state index is 0.238. The summed E-state index contributed by atoms with van der Waals surface area (Å²) in [6.45, 7) is 5.49. The molecule has 1 amide bonds. The van der Waals surface area contributed by atoms with Crippen molar-refractivity contribution in [2.24, 2.45) is 0 Å². The van der Waals surface area contributed by atoms with E-state index in [1.165, 1.54) is 10.9 Å². The maximum absolute atomic E-state index is 13.7. The van der Waals surface area contributed by atoms with Crippen molar-refractivity contribution in [3.05, 3.63) is 64.8 Å². The minimum atomic E-state index is -0.362. The largest absolute Gasteiger partial charge is 0.386 e. The van der Waals surface area contributed by atoms with Gasteiger partial charge in [-0.3, -0.25) is 9.36 Å². The molecule has 0 aliphatic carbocycles. The molecule has 1 atom stereocenters. The number of aromatic nitrogens is 4. The summed E-state index contributed by atoms with van der Waals surface area (Å²) < 4.78 is 14.4. The highest BCUT2D eigenvalue weighted by molar-refractivity contribution is 5.94. The number of pyridine rings is 2. The van der Waals surface area contributed by atoms with Crippen LogP contribution >= 0.6 is 0 Å². The molecule has 1 fully saturated rings. The Labute approximate surface area is 224 Å². The molecule has 1 saturated heterocycles. The van der Waals surface area contributed by atoms with Gasteiger partial charge in [0.25, 0.3) is 5.56 Å². The van der Waals surface area contributed by atoms with E-state index in [9.17, 15) is 9.59 Å². The first-order chi connectivity index (χ1) is 19.0. The van der Waals surface area contributed by atoms with Crippen molar-refractivity contribution in [3.8, 4) is 5.69 Å². The maximum atomic E-state index is 13.7. The number of carbonyl (C=O) groups is 1. The molecule has 0 spiro atoms. The number of morpholine rings is 1. The van der Waals surface area contributed by atoms with E-state index < -0.39 is 0 Å². The summed E-state index contributed by atoms with van der Waals surface area (Å²) in [4.78, 5) is 37.9. The number of hydrogen-bond donors (Lipinski definition) is 3. The zero-order chi connectivity index (χ0) is 26.9. The standard InChI is InChI=1S/C27H30N8O4/c1-17-14-39-15-18-11-22(31-23-12-21(28-2)24-25(32-23)35(16-29-24)27(37)30-17)26(36)34(13-18)20-5-3-19(4-6-20)33-7-9-38-10-8-33/h3-6,11-13,16-17H,7-10,14-15H2,1-2H3,(H,30,37)(H2,28,31,32)/t17-/m1/s1. The van der Waals surface area contributed by atoms with Gasteiger partial charge in [-0.2, -0.15) is 0 Å². The molecule has 6 rings (SSSR count). The van der Waals surface area contributed by atoms with Crippen LogP contribution in [0, 0.1) is 0 Å². The molecule has 0 unspecified atom stereocenters. The van der Waals surface area contributed by atoms with Gasteiger partial charge in [0.15, 0.2) is 5.65 Å². The van der Waals surface area contributed by atoms with Gasteiger partial charge >= 0.3 is 6.03 Å². The van der Waals surface area contributed by atoms with Crippen molar-refractivity contribution in [3.63, 3.8) is 0 Å². The van der Waals surface area contributed by atoms with Crippen molar-refractivity contribution < 1.29 is 14.3 Å². The number of carbonyl (C=O) groups excluding carboxylic acids is 1. The van der Waals surface area contributed by atoms with E-state index in [-0.39, 0.29) is 30.8 Å². The van der Waals surface area contributed by atoms with Crippen LogP contribution in [0.5, 0.6) is 0 Å². The summed E-state index contributed by atoms with van der Waals surface area (Å²) in [6.07, 6.45) is 3.22. The Kier molecular flexibility index (Phi) is 6.63. The van der Waals surface area contributed by atoms with Gasteiger partial charge < -0.3 is 30.3 Å². The summed E-state index contributed by atoms with van der Waals surface area (Å²) in [7, 11) is 1.77. The number of fused-ring (bicyclic) bond motifs is 3. The number of nitrogens with one attached hydrogen (secondary N) is 3. The van der Waals surface area contributed by atoms with Gasteiger partial charge in [0, 0.05) is 43.8 Å². The highest BCUT2D eigenvalue weighted by Gasteiger charge is 2.19. The molecule has 3 aromatic heterocycles. The molecule has 39 heavy (non-hydrogen) atoms. The van der Waals surface area contributed by atoms with Crippen molar-refractivity contribution >= 4 is 40.1 Å². The van der Waals surface area contributed by atoms with Gasteiger partial charge in [-0.25, -0.2) is 19.3 Å². The fraction of sp³-hybridized carbons (Fsp3) is 0.333. The summed E-state index contributed by atoms with van der Waals surface area (Å²) in [6, 6.07) is 10.8. The van der Waals surface area contributed by atoms with Crippen LogP contribution in [-0.4, -0.2) is 71.1 Å². The molecule has 3 N–H and O–H groups in total. The minimum Gasteiger partial charge on any atom is -0.386 e. The molecule has 2 aliphatic rings. The summed E-state index contributed by atoms with van der Waals surface area (Å²) >= 11 is 0. The van der Waals surface area contributed by atoms with Crippen LogP contribution in [0.2, 0.25) is 0 Å². The van der Waals surface area contributed by atoms with Crippen molar-refractivity contribution in [1.82, 2.24) is 24.4 Å². The lowest BCUT2D eigenvalue weighted by atomic mass is 10.2. The maximum Gasteiger partial charge on any atom is 0.328 e. The summed E-state index contributed by atoms with van der Waals surface area (Å²) in [5.41, 5.74) is 4.30. The zero-order valence-electron chi connectivity index (χ0n) is 21.8. The van der Waals surface area contributed by atoms with Gasteiger partial charge in [0.1, 0.15) is 23.3 Å². The van der Waals surface area contributed by atoms with Crippen molar-refractivity contribution in [2.75, 3.05) is 55.5 Å². The lowest BCUT2D eigenvalue weighted by Crippen LogP contribution is -2.38. The molecular formula is C27H30N8O4. The Bertz CT molecular complexity index is 1570. The summed E-state index contributed by atoms with van der Waals surface area (Å²) in [5, 5.41) is 9.20. The second-order valence-electron chi connectivity index (χ2n) is 9.64. The van der Waals surface area contributed by atoms with Crippen LogP contribution in [0.3, 0.4) is 0 Å². The molecule has 4 aromatic rings. The lowest BCUT2D eigenvalue weighted by molar-refractivity contribution is 0.104. The molecule has 12 nitrogen and oxygen atoms in total. The quantitative estimate of drug-likeness (QED) is 0.366. The van der Waals surface area contributed by atoms with E-state index in [4.69, 9.17) is 9.47 Å². The molecule has 12 heteroatoms. The fourth-order valence-electron chi connectivity index (χ4n) is 4.85. The van der Waals surface area contributed by atoms with Crippen LogP contribution < -0.4 is 26.4 Å². The first-order valence-electron chi connectivity index (χ1n) is 12.9. The third kappa shape index (κ3) is 4.91. The predicted molar refractivity (Wildman–Crippen MR) is 148 cm³/mol. The predicted octanol–water partition coefficient (Wildman–Crippen LogP) is 2.68. The monoisotopic (exact) mass is 530 g/mol.